The third-order valence-corrected chi connectivity index (χ3v) is 3.87. The maximum absolute atomic E-state index is 9.33. The van der Waals surface area contributed by atoms with Gasteiger partial charge in [0.1, 0.15) is 0 Å². The highest BCUT2D eigenvalue weighted by Crippen LogP contribution is 2.24. The van der Waals surface area contributed by atoms with Gasteiger partial charge in [0.2, 0.25) is 0 Å². The first-order valence-electron chi connectivity index (χ1n) is 7.44. The van der Waals surface area contributed by atoms with Crippen molar-refractivity contribution in [2.24, 2.45) is 0 Å². The van der Waals surface area contributed by atoms with Gasteiger partial charge in [-0.25, -0.2) is 4.98 Å². The molecular weight excluding hydrogens is 286 g/mol. The molecule has 0 saturated carbocycles. The minimum absolute atomic E-state index is 0.0292. The maximum Gasteiger partial charge on any atom is 0.155 e. The topological polar surface area (TPSA) is 50.4 Å². The Labute approximate surface area is 133 Å². The molecule has 4 aromatic rings. The van der Waals surface area contributed by atoms with Crippen molar-refractivity contribution < 1.29 is 5.11 Å². The summed E-state index contributed by atoms with van der Waals surface area (Å²) in [4.78, 5) is 8.92. The van der Waals surface area contributed by atoms with Crippen LogP contribution in [-0.4, -0.2) is 19.5 Å². The van der Waals surface area contributed by atoms with E-state index in [0.717, 1.165) is 33.7 Å². The molecule has 0 amide bonds. The molecule has 23 heavy (non-hydrogen) atoms. The molecule has 0 spiro atoms. The number of fused-ring (bicyclic) bond motifs is 1. The van der Waals surface area contributed by atoms with E-state index in [1.165, 1.54) is 0 Å². The maximum atomic E-state index is 9.33. The predicted molar refractivity (Wildman–Crippen MR) is 89.8 cm³/mol. The van der Waals surface area contributed by atoms with E-state index in [-0.39, 0.29) is 6.61 Å². The van der Waals surface area contributed by atoms with Crippen molar-refractivity contribution in [2.45, 2.75) is 6.61 Å². The number of benzene rings is 2. The largest absolute Gasteiger partial charge is 0.392 e. The minimum Gasteiger partial charge on any atom is -0.392 e. The second-order valence-corrected chi connectivity index (χ2v) is 5.37. The van der Waals surface area contributed by atoms with E-state index in [2.05, 4.69) is 9.97 Å². The first-order chi connectivity index (χ1) is 11.3. The average Bonchev–Trinajstić information content (AvgIpc) is 3.05. The normalized spacial score (nSPS) is 11.0. The Hall–Kier alpha value is -2.98. The fraction of sp³-hybridized carbons (Fsp3) is 0.0526. The summed E-state index contributed by atoms with van der Waals surface area (Å²) in [6.07, 6.45) is 5.61. The van der Waals surface area contributed by atoms with E-state index >= 15 is 0 Å². The Balaban J connectivity index is 1.88. The summed E-state index contributed by atoms with van der Waals surface area (Å²) in [7, 11) is 0. The van der Waals surface area contributed by atoms with E-state index in [1.807, 2.05) is 71.4 Å². The van der Waals surface area contributed by atoms with E-state index < -0.39 is 0 Å². The fourth-order valence-corrected chi connectivity index (χ4v) is 2.69. The van der Waals surface area contributed by atoms with E-state index in [4.69, 9.17) is 0 Å². The van der Waals surface area contributed by atoms with Gasteiger partial charge < -0.3 is 5.11 Å². The van der Waals surface area contributed by atoms with Gasteiger partial charge in [0, 0.05) is 17.3 Å². The predicted octanol–water partition coefficient (Wildman–Crippen LogP) is 3.56. The zero-order valence-corrected chi connectivity index (χ0v) is 12.4. The van der Waals surface area contributed by atoms with E-state index in [0.29, 0.717) is 0 Å². The van der Waals surface area contributed by atoms with Crippen molar-refractivity contribution in [2.75, 3.05) is 0 Å². The van der Waals surface area contributed by atoms with Crippen LogP contribution in [-0.2, 0) is 6.61 Å². The second kappa shape index (κ2) is 5.66. The Morgan fingerprint density at radius 3 is 2.52 bits per heavy atom. The summed E-state index contributed by atoms with van der Waals surface area (Å²) in [5.41, 5.74) is 5.65. The summed E-state index contributed by atoms with van der Waals surface area (Å²) in [5.74, 6) is 0. The summed E-state index contributed by atoms with van der Waals surface area (Å²) in [5, 5.41) is 9.33. The highest BCUT2D eigenvalue weighted by Gasteiger charge is 2.08. The minimum atomic E-state index is 0.0292. The molecule has 2 heterocycles. The lowest BCUT2D eigenvalue weighted by atomic mass is 10.1. The molecule has 4 rings (SSSR count). The van der Waals surface area contributed by atoms with Gasteiger partial charge in [-0.2, -0.15) is 0 Å². The quantitative estimate of drug-likeness (QED) is 0.629. The smallest absolute Gasteiger partial charge is 0.155 e. The van der Waals surface area contributed by atoms with Crippen LogP contribution in [0.5, 0.6) is 0 Å². The second-order valence-electron chi connectivity index (χ2n) is 5.37. The first kappa shape index (κ1) is 13.7. The number of aliphatic hydroxyl groups excluding tert-OH is 1. The summed E-state index contributed by atoms with van der Waals surface area (Å²) in [6.45, 7) is 0.0292. The van der Waals surface area contributed by atoms with Crippen LogP contribution in [0.25, 0.3) is 28.2 Å². The molecule has 0 radical (unpaired) electrons. The van der Waals surface area contributed by atoms with Crippen LogP contribution in [0.15, 0.2) is 73.2 Å². The van der Waals surface area contributed by atoms with Gasteiger partial charge in [-0.05, 0) is 11.6 Å². The molecule has 0 aliphatic rings. The Kier molecular flexibility index (Phi) is 3.37. The number of nitrogens with zero attached hydrogens (tertiary/aromatic N) is 3. The number of hydrogen-bond donors (Lipinski definition) is 1. The van der Waals surface area contributed by atoms with Crippen LogP contribution >= 0.6 is 0 Å². The SMILES string of the molecule is OCc1cccc(-c2cnc3cnc(-c4ccccc4)cn23)c1. The van der Waals surface area contributed by atoms with Gasteiger partial charge >= 0.3 is 0 Å². The van der Waals surface area contributed by atoms with Gasteiger partial charge in [0.15, 0.2) is 5.65 Å². The van der Waals surface area contributed by atoms with Gasteiger partial charge in [0.05, 0.1) is 30.4 Å². The Bertz CT molecular complexity index is 961. The first-order valence-corrected chi connectivity index (χ1v) is 7.44. The molecule has 0 unspecified atom stereocenters. The molecule has 1 N–H and O–H groups in total. The highest BCUT2D eigenvalue weighted by atomic mass is 16.3. The van der Waals surface area contributed by atoms with Crippen molar-refractivity contribution in [3.63, 3.8) is 0 Å². The molecule has 0 fully saturated rings. The monoisotopic (exact) mass is 301 g/mol. The molecule has 4 nitrogen and oxygen atoms in total. The van der Waals surface area contributed by atoms with Crippen molar-refractivity contribution >= 4 is 5.65 Å². The van der Waals surface area contributed by atoms with Crippen LogP contribution in [0.3, 0.4) is 0 Å². The third-order valence-electron chi connectivity index (χ3n) is 3.87. The Morgan fingerprint density at radius 2 is 1.70 bits per heavy atom. The molecule has 0 aliphatic heterocycles. The molecule has 0 atom stereocenters. The van der Waals surface area contributed by atoms with Gasteiger partial charge in [-0.3, -0.25) is 9.38 Å². The highest BCUT2D eigenvalue weighted by molar-refractivity contribution is 5.66. The van der Waals surface area contributed by atoms with Crippen LogP contribution < -0.4 is 0 Å². The van der Waals surface area contributed by atoms with Crippen molar-refractivity contribution in [1.82, 2.24) is 14.4 Å². The molecule has 0 saturated heterocycles. The van der Waals surface area contributed by atoms with Gasteiger partial charge in [0.25, 0.3) is 0 Å². The van der Waals surface area contributed by atoms with Crippen LogP contribution in [0.1, 0.15) is 5.56 Å². The van der Waals surface area contributed by atoms with Crippen molar-refractivity contribution in [3.8, 4) is 22.5 Å². The summed E-state index contributed by atoms with van der Waals surface area (Å²) >= 11 is 0. The van der Waals surface area contributed by atoms with Crippen LogP contribution in [0.4, 0.5) is 0 Å². The third kappa shape index (κ3) is 2.49. The van der Waals surface area contributed by atoms with Crippen molar-refractivity contribution in [3.05, 3.63) is 78.8 Å². The van der Waals surface area contributed by atoms with Gasteiger partial charge in [-0.1, -0.05) is 48.5 Å². The molecule has 2 aromatic carbocycles. The standard InChI is InChI=1S/C19H15N3O/c23-13-14-5-4-8-16(9-14)18-10-21-19-11-20-17(12-22(18)19)15-6-2-1-3-7-15/h1-12,23H,13H2. The molecule has 112 valence electrons. The van der Waals surface area contributed by atoms with Gasteiger partial charge in [-0.15, -0.1) is 0 Å². The molecule has 0 aliphatic carbocycles. The number of hydrogen-bond acceptors (Lipinski definition) is 3. The Morgan fingerprint density at radius 1 is 0.870 bits per heavy atom. The average molecular weight is 301 g/mol. The number of rotatable bonds is 3. The summed E-state index contributed by atoms with van der Waals surface area (Å²) in [6, 6.07) is 17.9. The number of imidazole rings is 1. The molecule has 0 bridgehead atoms. The van der Waals surface area contributed by atoms with Crippen LogP contribution in [0.2, 0.25) is 0 Å². The molecule has 4 heteroatoms. The number of aromatic nitrogens is 3. The number of aliphatic hydroxyl groups is 1. The lowest BCUT2D eigenvalue weighted by Crippen LogP contribution is -1.93. The lowest BCUT2D eigenvalue weighted by Gasteiger charge is -2.06. The van der Waals surface area contributed by atoms with Crippen molar-refractivity contribution in [1.29, 1.82) is 0 Å². The lowest BCUT2D eigenvalue weighted by molar-refractivity contribution is 0.282. The van der Waals surface area contributed by atoms with E-state index in [1.54, 1.807) is 6.20 Å². The zero-order chi connectivity index (χ0) is 15.6. The molecular formula is C19H15N3O. The summed E-state index contributed by atoms with van der Waals surface area (Å²) < 4.78 is 2.03. The fourth-order valence-electron chi connectivity index (χ4n) is 2.69. The zero-order valence-electron chi connectivity index (χ0n) is 12.4. The molecule has 2 aromatic heterocycles. The van der Waals surface area contributed by atoms with E-state index in [9.17, 15) is 5.11 Å². The van der Waals surface area contributed by atoms with Crippen LogP contribution in [0, 0.1) is 0 Å².